The van der Waals surface area contributed by atoms with Gasteiger partial charge in [-0.15, -0.1) is 0 Å². The predicted molar refractivity (Wildman–Crippen MR) is 73.3 cm³/mol. The van der Waals surface area contributed by atoms with Crippen molar-refractivity contribution in [1.29, 1.82) is 0 Å². The zero-order chi connectivity index (χ0) is 13.2. The first kappa shape index (κ1) is 11.8. The molecule has 3 nitrogen and oxygen atoms in total. The number of aliphatic hydroxyl groups excluding tert-OH is 1. The average Bonchev–Trinajstić information content (AvgIpc) is 2.90. The number of furan rings is 1. The van der Waals surface area contributed by atoms with Gasteiger partial charge < -0.3 is 14.3 Å². The van der Waals surface area contributed by atoms with Crippen molar-refractivity contribution in [1.82, 2.24) is 0 Å². The van der Waals surface area contributed by atoms with Gasteiger partial charge in [0.25, 0.3) is 0 Å². The number of hydrogen-bond acceptors (Lipinski definition) is 3. The number of benzene rings is 2. The molecule has 0 aliphatic rings. The van der Waals surface area contributed by atoms with E-state index in [4.69, 9.17) is 9.15 Å². The van der Waals surface area contributed by atoms with Crippen molar-refractivity contribution >= 4 is 11.0 Å². The third-order valence-electron chi connectivity index (χ3n) is 3.24. The van der Waals surface area contributed by atoms with Crippen LogP contribution in [0.3, 0.4) is 0 Å². The molecule has 1 aromatic heterocycles. The highest BCUT2D eigenvalue weighted by molar-refractivity contribution is 5.81. The minimum Gasteiger partial charge on any atom is -0.497 e. The molecule has 1 heterocycles. The first-order chi connectivity index (χ1) is 9.29. The van der Waals surface area contributed by atoms with Crippen molar-refractivity contribution in [2.75, 3.05) is 7.11 Å². The minimum absolute atomic E-state index is 0.699. The number of rotatable bonds is 3. The van der Waals surface area contributed by atoms with E-state index in [0.717, 1.165) is 27.8 Å². The lowest BCUT2D eigenvalue weighted by molar-refractivity contribution is 0.220. The van der Waals surface area contributed by atoms with Crippen molar-refractivity contribution in [3.05, 3.63) is 65.9 Å². The Bertz CT molecular complexity index is 683. The Balaban J connectivity index is 2.00. The molecule has 0 radical (unpaired) electrons. The quantitative estimate of drug-likeness (QED) is 0.777. The molecule has 0 amide bonds. The molecule has 0 bridgehead atoms. The number of hydrogen-bond donors (Lipinski definition) is 1. The van der Waals surface area contributed by atoms with Gasteiger partial charge in [-0.05, 0) is 23.8 Å². The van der Waals surface area contributed by atoms with E-state index in [-0.39, 0.29) is 0 Å². The van der Waals surface area contributed by atoms with Crippen LogP contribution in [0.15, 0.2) is 59.2 Å². The lowest BCUT2D eigenvalue weighted by Crippen LogP contribution is -1.98. The Hall–Kier alpha value is -2.26. The Kier molecular flexibility index (Phi) is 2.97. The number of fused-ring (bicyclic) bond motifs is 1. The van der Waals surface area contributed by atoms with Crippen LogP contribution in [0.1, 0.15) is 17.2 Å². The number of para-hydroxylation sites is 1. The van der Waals surface area contributed by atoms with Crippen LogP contribution in [0.4, 0.5) is 0 Å². The van der Waals surface area contributed by atoms with Crippen LogP contribution in [-0.4, -0.2) is 12.2 Å². The second-order valence-electron chi connectivity index (χ2n) is 4.36. The fourth-order valence-electron chi connectivity index (χ4n) is 2.18. The normalized spacial score (nSPS) is 12.5. The smallest absolute Gasteiger partial charge is 0.134 e. The Morgan fingerprint density at radius 3 is 2.53 bits per heavy atom. The van der Waals surface area contributed by atoms with Crippen LogP contribution < -0.4 is 4.74 Å². The minimum atomic E-state index is -0.699. The molecule has 2 aromatic carbocycles. The molecule has 96 valence electrons. The lowest BCUT2D eigenvalue weighted by Gasteiger charge is -2.10. The van der Waals surface area contributed by atoms with E-state index in [1.165, 1.54) is 0 Å². The summed E-state index contributed by atoms with van der Waals surface area (Å²) in [7, 11) is 1.62. The van der Waals surface area contributed by atoms with E-state index < -0.39 is 6.10 Å². The first-order valence-corrected chi connectivity index (χ1v) is 6.08. The summed E-state index contributed by atoms with van der Waals surface area (Å²) in [4.78, 5) is 0. The van der Waals surface area contributed by atoms with E-state index in [2.05, 4.69) is 0 Å². The van der Waals surface area contributed by atoms with E-state index in [1.807, 2.05) is 48.5 Å². The van der Waals surface area contributed by atoms with E-state index >= 15 is 0 Å². The monoisotopic (exact) mass is 254 g/mol. The molecule has 3 rings (SSSR count). The van der Waals surface area contributed by atoms with Crippen molar-refractivity contribution in [3.8, 4) is 5.75 Å². The van der Waals surface area contributed by atoms with Crippen molar-refractivity contribution in [2.24, 2.45) is 0 Å². The van der Waals surface area contributed by atoms with Crippen molar-refractivity contribution < 1.29 is 14.3 Å². The molecule has 1 N–H and O–H groups in total. The topological polar surface area (TPSA) is 42.6 Å². The molecule has 0 saturated heterocycles. The molecule has 3 aromatic rings. The van der Waals surface area contributed by atoms with E-state index in [1.54, 1.807) is 13.4 Å². The van der Waals surface area contributed by atoms with Crippen LogP contribution in [0.5, 0.6) is 5.75 Å². The van der Waals surface area contributed by atoms with Gasteiger partial charge in [0.1, 0.15) is 17.4 Å². The maximum Gasteiger partial charge on any atom is 0.134 e. The van der Waals surface area contributed by atoms with Gasteiger partial charge in [-0.3, -0.25) is 0 Å². The van der Waals surface area contributed by atoms with Gasteiger partial charge in [0, 0.05) is 10.9 Å². The largest absolute Gasteiger partial charge is 0.497 e. The number of ether oxygens (including phenoxy) is 1. The molecular formula is C16H14O3. The average molecular weight is 254 g/mol. The molecule has 19 heavy (non-hydrogen) atoms. The Morgan fingerprint density at radius 2 is 1.79 bits per heavy atom. The summed E-state index contributed by atoms with van der Waals surface area (Å²) < 4.78 is 10.6. The zero-order valence-corrected chi connectivity index (χ0v) is 10.5. The lowest BCUT2D eigenvalue weighted by atomic mass is 10.0. The van der Waals surface area contributed by atoms with Gasteiger partial charge in [0.05, 0.1) is 13.4 Å². The first-order valence-electron chi connectivity index (χ1n) is 6.08. The highest BCUT2D eigenvalue weighted by atomic mass is 16.5. The SMILES string of the molecule is COc1ccc(C(O)c2coc3ccccc23)cc1. The van der Waals surface area contributed by atoms with Crippen LogP contribution in [0.25, 0.3) is 11.0 Å². The van der Waals surface area contributed by atoms with Crippen molar-refractivity contribution in [2.45, 2.75) is 6.10 Å². The number of aliphatic hydroxyl groups is 1. The van der Waals surface area contributed by atoms with Crippen LogP contribution in [0, 0.1) is 0 Å². The molecule has 0 fully saturated rings. The van der Waals surface area contributed by atoms with Crippen molar-refractivity contribution in [3.63, 3.8) is 0 Å². The van der Waals surface area contributed by atoms with E-state index in [9.17, 15) is 5.11 Å². The van der Waals surface area contributed by atoms with Gasteiger partial charge in [-0.2, -0.15) is 0 Å². The molecule has 0 aliphatic carbocycles. The number of methoxy groups -OCH3 is 1. The predicted octanol–water partition coefficient (Wildman–Crippen LogP) is 3.52. The molecule has 3 heteroatoms. The standard InChI is InChI=1S/C16H14O3/c1-18-12-8-6-11(7-9-12)16(17)14-10-19-15-5-3-2-4-13(14)15/h2-10,16-17H,1H3. The van der Waals surface area contributed by atoms with Gasteiger partial charge in [0.15, 0.2) is 0 Å². The summed E-state index contributed by atoms with van der Waals surface area (Å²) in [5, 5.41) is 11.4. The molecule has 0 saturated carbocycles. The highest BCUT2D eigenvalue weighted by Crippen LogP contribution is 2.31. The molecule has 1 unspecified atom stereocenters. The van der Waals surface area contributed by atoms with Gasteiger partial charge in [0.2, 0.25) is 0 Å². The van der Waals surface area contributed by atoms with Gasteiger partial charge in [-0.25, -0.2) is 0 Å². The van der Waals surface area contributed by atoms with Gasteiger partial charge in [-0.1, -0.05) is 30.3 Å². The van der Waals surface area contributed by atoms with Crippen LogP contribution in [-0.2, 0) is 0 Å². The maximum atomic E-state index is 10.4. The highest BCUT2D eigenvalue weighted by Gasteiger charge is 2.16. The molecule has 1 atom stereocenters. The summed E-state index contributed by atoms with van der Waals surface area (Å²) in [5.74, 6) is 0.771. The summed E-state index contributed by atoms with van der Waals surface area (Å²) in [5.41, 5.74) is 2.37. The van der Waals surface area contributed by atoms with E-state index in [0.29, 0.717) is 0 Å². The Morgan fingerprint density at radius 1 is 1.05 bits per heavy atom. The molecular weight excluding hydrogens is 240 g/mol. The van der Waals surface area contributed by atoms with Gasteiger partial charge >= 0.3 is 0 Å². The third-order valence-corrected chi connectivity index (χ3v) is 3.24. The third kappa shape index (κ3) is 2.09. The molecule has 0 aliphatic heterocycles. The summed E-state index contributed by atoms with van der Waals surface area (Å²) >= 11 is 0. The summed E-state index contributed by atoms with van der Waals surface area (Å²) in [6, 6.07) is 15.1. The molecule has 0 spiro atoms. The van der Waals surface area contributed by atoms with Crippen LogP contribution >= 0.6 is 0 Å². The summed E-state index contributed by atoms with van der Waals surface area (Å²) in [6.07, 6.45) is 0.911. The summed E-state index contributed by atoms with van der Waals surface area (Å²) in [6.45, 7) is 0. The fraction of sp³-hybridized carbons (Fsp3) is 0.125. The fourth-order valence-corrected chi connectivity index (χ4v) is 2.18. The second kappa shape index (κ2) is 4.78. The van der Waals surface area contributed by atoms with Crippen LogP contribution in [0.2, 0.25) is 0 Å². The zero-order valence-electron chi connectivity index (χ0n) is 10.5. The second-order valence-corrected chi connectivity index (χ2v) is 4.36. The maximum absolute atomic E-state index is 10.4. The Labute approximate surface area is 111 Å².